The molecule has 0 bridgehead atoms. The maximum absolute atomic E-state index is 12.1. The molecule has 0 aromatic rings. The second-order valence-corrected chi connectivity index (χ2v) is 8.86. The van der Waals surface area contributed by atoms with Crippen LogP contribution in [0.1, 0.15) is 80.1 Å². The van der Waals surface area contributed by atoms with Gasteiger partial charge in [-0.05, 0) is 30.1 Å². The Hall–Kier alpha value is -1.19. The minimum atomic E-state index is -0.463. The average molecular weight is 326 g/mol. The maximum Gasteiger partial charge on any atom is 0.309 e. The van der Waals surface area contributed by atoms with Crippen molar-refractivity contribution < 1.29 is 19.1 Å². The van der Waals surface area contributed by atoms with Crippen molar-refractivity contribution in [3.8, 4) is 0 Å². The molecule has 0 aliphatic heterocycles. The first kappa shape index (κ1) is 21.8. The lowest BCUT2D eigenvalue weighted by molar-refractivity contribution is -0.148. The highest BCUT2D eigenvalue weighted by atomic mass is 16.5. The summed E-state index contributed by atoms with van der Waals surface area (Å²) in [7, 11) is 1.33. The lowest BCUT2D eigenvalue weighted by Crippen LogP contribution is -2.25. The smallest absolute Gasteiger partial charge is 0.309 e. The van der Waals surface area contributed by atoms with Gasteiger partial charge in [0.1, 0.15) is 11.6 Å². The monoisotopic (exact) mass is 326 g/mol. The number of ketones is 2. The largest absolute Gasteiger partial charge is 0.469 e. The number of hydrogen-bond donors (Lipinski definition) is 0. The van der Waals surface area contributed by atoms with Crippen molar-refractivity contribution in [1.29, 1.82) is 0 Å². The third kappa shape index (κ3) is 12.0. The van der Waals surface area contributed by atoms with Crippen molar-refractivity contribution in [3.63, 3.8) is 0 Å². The number of carbonyl (C=O) groups excluding carboxylic acids is 3. The van der Waals surface area contributed by atoms with Gasteiger partial charge in [-0.2, -0.15) is 0 Å². The van der Waals surface area contributed by atoms with E-state index in [2.05, 4.69) is 20.8 Å². The van der Waals surface area contributed by atoms with Gasteiger partial charge in [-0.3, -0.25) is 14.4 Å². The number of ether oxygens (including phenoxy) is 1. The zero-order valence-electron chi connectivity index (χ0n) is 16.0. The summed E-state index contributed by atoms with van der Waals surface area (Å²) in [5.41, 5.74) is 0.128. The van der Waals surface area contributed by atoms with E-state index in [1.807, 2.05) is 20.8 Å². The van der Waals surface area contributed by atoms with Crippen LogP contribution >= 0.6 is 0 Å². The van der Waals surface area contributed by atoms with E-state index in [4.69, 9.17) is 4.74 Å². The van der Waals surface area contributed by atoms with Gasteiger partial charge in [0.15, 0.2) is 0 Å². The van der Waals surface area contributed by atoms with Gasteiger partial charge >= 0.3 is 5.97 Å². The van der Waals surface area contributed by atoms with Gasteiger partial charge in [-0.15, -0.1) is 0 Å². The Morgan fingerprint density at radius 2 is 1.48 bits per heavy atom. The Morgan fingerprint density at radius 3 is 1.91 bits per heavy atom. The summed E-state index contributed by atoms with van der Waals surface area (Å²) in [4.78, 5) is 35.8. The van der Waals surface area contributed by atoms with Gasteiger partial charge in [0.05, 0.1) is 19.4 Å². The number of carbonyl (C=O) groups is 3. The van der Waals surface area contributed by atoms with Gasteiger partial charge < -0.3 is 4.74 Å². The lowest BCUT2D eigenvalue weighted by atomic mass is 9.82. The van der Waals surface area contributed by atoms with E-state index >= 15 is 0 Å². The highest BCUT2D eigenvalue weighted by Crippen LogP contribution is 2.28. The number of Topliss-reactive ketones (excluding diaryl/α,β-unsaturated/α-hetero) is 2. The van der Waals surface area contributed by atoms with Gasteiger partial charge in [0, 0.05) is 12.8 Å². The van der Waals surface area contributed by atoms with Gasteiger partial charge in [0.25, 0.3) is 0 Å². The normalized spacial score (nSPS) is 13.5. The van der Waals surface area contributed by atoms with Crippen LogP contribution in [0.3, 0.4) is 0 Å². The van der Waals surface area contributed by atoms with Crippen molar-refractivity contribution in [1.82, 2.24) is 0 Å². The van der Waals surface area contributed by atoms with Crippen LogP contribution in [0.5, 0.6) is 0 Å². The standard InChI is InChI=1S/C19H34O4/c1-18(2,3)10-8-9-15(20)12-16(21)11-14(17(22)23-7)13-19(4,5)6/h14H,8-13H2,1-7H3. The molecule has 0 N–H and O–H groups in total. The summed E-state index contributed by atoms with van der Waals surface area (Å²) < 4.78 is 4.79. The molecule has 0 amide bonds. The lowest BCUT2D eigenvalue weighted by Gasteiger charge is -2.23. The van der Waals surface area contributed by atoms with E-state index in [9.17, 15) is 14.4 Å². The summed E-state index contributed by atoms with van der Waals surface area (Å²) in [6.45, 7) is 12.5. The second-order valence-electron chi connectivity index (χ2n) is 8.86. The van der Waals surface area contributed by atoms with Crippen molar-refractivity contribution in [3.05, 3.63) is 0 Å². The van der Waals surface area contributed by atoms with Crippen LogP contribution in [-0.2, 0) is 19.1 Å². The molecule has 134 valence electrons. The van der Waals surface area contributed by atoms with Gasteiger partial charge in [0.2, 0.25) is 0 Å². The van der Waals surface area contributed by atoms with Crippen LogP contribution in [0.4, 0.5) is 0 Å². The van der Waals surface area contributed by atoms with Crippen LogP contribution < -0.4 is 0 Å². The molecule has 0 heterocycles. The van der Waals surface area contributed by atoms with E-state index in [1.54, 1.807) is 0 Å². The Labute approximate surface area is 141 Å². The highest BCUT2D eigenvalue weighted by molar-refractivity contribution is 6.00. The molecule has 0 aliphatic carbocycles. The fourth-order valence-electron chi connectivity index (χ4n) is 2.62. The topological polar surface area (TPSA) is 60.4 Å². The molecular weight excluding hydrogens is 292 g/mol. The first-order chi connectivity index (χ1) is 10.3. The molecule has 0 fully saturated rings. The Bertz CT molecular complexity index is 410. The quantitative estimate of drug-likeness (QED) is 0.467. The zero-order chi connectivity index (χ0) is 18.3. The molecule has 0 aromatic heterocycles. The van der Waals surface area contributed by atoms with E-state index < -0.39 is 5.92 Å². The second kappa shape index (κ2) is 9.19. The van der Waals surface area contributed by atoms with Gasteiger partial charge in [-0.25, -0.2) is 0 Å². The minimum absolute atomic E-state index is 0.0291. The molecule has 1 atom stereocenters. The van der Waals surface area contributed by atoms with Crippen molar-refractivity contribution in [2.75, 3.05) is 7.11 Å². The molecule has 0 aromatic carbocycles. The predicted octanol–water partition coefficient (Wildman–Crippen LogP) is 4.35. The molecule has 0 saturated heterocycles. The Morgan fingerprint density at radius 1 is 0.913 bits per heavy atom. The molecule has 4 nitrogen and oxygen atoms in total. The molecule has 0 aliphatic rings. The van der Waals surface area contributed by atoms with Crippen molar-refractivity contribution in [2.45, 2.75) is 80.1 Å². The van der Waals surface area contributed by atoms with E-state index in [0.717, 1.165) is 12.8 Å². The van der Waals surface area contributed by atoms with Crippen LogP contribution in [0.15, 0.2) is 0 Å². The SMILES string of the molecule is COC(=O)C(CC(=O)CC(=O)CCCC(C)(C)C)CC(C)(C)C. The molecule has 0 radical (unpaired) electrons. The van der Waals surface area contributed by atoms with Gasteiger partial charge in [-0.1, -0.05) is 41.5 Å². The van der Waals surface area contributed by atoms with Crippen LogP contribution in [0.2, 0.25) is 0 Å². The number of rotatable bonds is 9. The van der Waals surface area contributed by atoms with Crippen LogP contribution in [-0.4, -0.2) is 24.6 Å². The first-order valence-electron chi connectivity index (χ1n) is 8.45. The fourth-order valence-corrected chi connectivity index (χ4v) is 2.62. The number of hydrogen-bond acceptors (Lipinski definition) is 4. The van der Waals surface area contributed by atoms with Crippen LogP contribution in [0, 0.1) is 16.7 Å². The molecular formula is C19H34O4. The maximum atomic E-state index is 12.1. The fraction of sp³-hybridized carbons (Fsp3) is 0.842. The van der Waals surface area contributed by atoms with Crippen molar-refractivity contribution in [2.24, 2.45) is 16.7 Å². The Balaban J connectivity index is 4.41. The molecule has 0 rings (SSSR count). The summed E-state index contributed by atoms with van der Waals surface area (Å²) in [6.07, 6.45) is 2.80. The molecule has 0 spiro atoms. The minimum Gasteiger partial charge on any atom is -0.469 e. The molecule has 4 heteroatoms. The zero-order valence-corrected chi connectivity index (χ0v) is 16.0. The summed E-state index contributed by atoms with van der Waals surface area (Å²) in [6, 6.07) is 0. The van der Waals surface area contributed by atoms with E-state index in [0.29, 0.717) is 12.8 Å². The van der Waals surface area contributed by atoms with Crippen molar-refractivity contribution >= 4 is 17.5 Å². The summed E-state index contributed by atoms with van der Waals surface area (Å²) in [5, 5.41) is 0. The van der Waals surface area contributed by atoms with E-state index in [-0.39, 0.29) is 41.2 Å². The first-order valence-corrected chi connectivity index (χ1v) is 8.45. The average Bonchev–Trinajstić information content (AvgIpc) is 2.33. The molecule has 1 unspecified atom stereocenters. The third-order valence-corrected chi connectivity index (χ3v) is 3.64. The molecule has 0 saturated carbocycles. The number of methoxy groups -OCH3 is 1. The summed E-state index contributed by atoms with van der Waals surface area (Å²) >= 11 is 0. The van der Waals surface area contributed by atoms with E-state index in [1.165, 1.54) is 7.11 Å². The summed E-state index contributed by atoms with van der Waals surface area (Å²) in [5.74, 6) is -1.02. The Kier molecular flexibility index (Phi) is 8.71. The highest BCUT2D eigenvalue weighted by Gasteiger charge is 2.28. The third-order valence-electron chi connectivity index (χ3n) is 3.64. The number of esters is 1. The van der Waals surface area contributed by atoms with Crippen LogP contribution in [0.25, 0.3) is 0 Å². The predicted molar refractivity (Wildman–Crippen MR) is 92.1 cm³/mol. The molecule has 23 heavy (non-hydrogen) atoms.